The number of carbonyl (C=O) groups excluding carboxylic acids is 1. The highest BCUT2D eigenvalue weighted by Gasteiger charge is 2.23. The molecule has 0 aliphatic heterocycles. The number of carbonyl (C=O) groups is 1. The molecule has 0 fully saturated rings. The van der Waals surface area contributed by atoms with Crippen molar-refractivity contribution in [2.45, 2.75) is 45.3 Å². The minimum Gasteiger partial charge on any atom is -0.459 e. The monoisotopic (exact) mass is 216 g/mol. The van der Waals surface area contributed by atoms with E-state index in [1.54, 1.807) is 7.05 Å². The van der Waals surface area contributed by atoms with Gasteiger partial charge in [-0.05, 0) is 54.3 Å². The fourth-order valence-electron chi connectivity index (χ4n) is 1.24. The zero-order valence-electron chi connectivity index (χ0n) is 10.5. The molecule has 4 nitrogen and oxygen atoms in total. The second-order valence-electron chi connectivity index (χ2n) is 4.62. The Morgan fingerprint density at radius 2 is 1.93 bits per heavy atom. The van der Waals surface area contributed by atoms with Crippen LogP contribution in [0.4, 0.5) is 0 Å². The quantitative estimate of drug-likeness (QED) is 0.512. The predicted molar refractivity (Wildman–Crippen MR) is 61.9 cm³/mol. The molecule has 15 heavy (non-hydrogen) atoms. The molecule has 0 bridgehead atoms. The number of hydrogen-bond acceptors (Lipinski definition) is 4. The molecule has 4 heteroatoms. The number of ether oxygens (including phenoxy) is 1. The van der Waals surface area contributed by atoms with Crippen LogP contribution in [0.1, 0.15) is 33.6 Å². The molecule has 0 amide bonds. The third kappa shape index (κ3) is 7.33. The first kappa shape index (κ1) is 14.4. The maximum atomic E-state index is 11.7. The molecule has 0 aliphatic rings. The molecule has 0 heterocycles. The van der Waals surface area contributed by atoms with Crippen LogP contribution in [0.25, 0.3) is 0 Å². The molecule has 0 aromatic carbocycles. The Labute approximate surface area is 92.8 Å². The molecule has 90 valence electrons. The zero-order valence-corrected chi connectivity index (χ0v) is 10.5. The van der Waals surface area contributed by atoms with Crippen molar-refractivity contribution < 1.29 is 9.53 Å². The normalized spacial score (nSPS) is 13.7. The second-order valence-corrected chi connectivity index (χ2v) is 4.62. The highest BCUT2D eigenvalue weighted by atomic mass is 16.6. The third-order valence-corrected chi connectivity index (χ3v) is 1.96. The van der Waals surface area contributed by atoms with Gasteiger partial charge in [-0.25, -0.2) is 0 Å². The summed E-state index contributed by atoms with van der Waals surface area (Å²) in [5, 5.41) is 6.04. The van der Waals surface area contributed by atoms with Gasteiger partial charge in [-0.1, -0.05) is 0 Å². The lowest BCUT2D eigenvalue weighted by molar-refractivity contribution is -0.157. The summed E-state index contributed by atoms with van der Waals surface area (Å²) in [5.74, 6) is -0.166. The summed E-state index contributed by atoms with van der Waals surface area (Å²) in [7, 11) is 3.69. The van der Waals surface area contributed by atoms with Crippen molar-refractivity contribution in [1.29, 1.82) is 0 Å². The molecule has 0 spiro atoms. The number of likely N-dealkylation sites (N-methyl/N-ethyl adjacent to an activating group) is 1. The van der Waals surface area contributed by atoms with E-state index in [9.17, 15) is 4.79 Å². The van der Waals surface area contributed by atoms with E-state index >= 15 is 0 Å². The summed E-state index contributed by atoms with van der Waals surface area (Å²) in [6.45, 7) is 6.56. The van der Waals surface area contributed by atoms with E-state index in [0.29, 0.717) is 0 Å². The van der Waals surface area contributed by atoms with Gasteiger partial charge in [0, 0.05) is 0 Å². The molecule has 0 aromatic rings. The van der Waals surface area contributed by atoms with E-state index in [0.717, 1.165) is 19.4 Å². The summed E-state index contributed by atoms with van der Waals surface area (Å²) < 4.78 is 5.30. The molecule has 0 saturated carbocycles. The van der Waals surface area contributed by atoms with Crippen molar-refractivity contribution in [3.05, 3.63) is 0 Å². The maximum absolute atomic E-state index is 11.7. The topological polar surface area (TPSA) is 50.4 Å². The SMILES string of the molecule is CNCCCC(NC)C(=O)OC(C)(C)C. The highest BCUT2D eigenvalue weighted by Crippen LogP contribution is 2.10. The van der Waals surface area contributed by atoms with Gasteiger partial charge in [0.2, 0.25) is 0 Å². The van der Waals surface area contributed by atoms with Gasteiger partial charge in [-0.15, -0.1) is 0 Å². The van der Waals surface area contributed by atoms with Gasteiger partial charge >= 0.3 is 5.97 Å². The van der Waals surface area contributed by atoms with Gasteiger partial charge < -0.3 is 15.4 Å². The van der Waals surface area contributed by atoms with Gasteiger partial charge in [0.25, 0.3) is 0 Å². The number of esters is 1. The first-order valence-electron chi connectivity index (χ1n) is 5.45. The lowest BCUT2D eigenvalue weighted by atomic mass is 10.1. The van der Waals surface area contributed by atoms with Gasteiger partial charge in [0.15, 0.2) is 0 Å². The van der Waals surface area contributed by atoms with E-state index in [4.69, 9.17) is 4.74 Å². The van der Waals surface area contributed by atoms with E-state index in [1.807, 2.05) is 27.8 Å². The summed E-state index contributed by atoms with van der Waals surface area (Å²) >= 11 is 0. The second kappa shape index (κ2) is 6.80. The smallest absolute Gasteiger partial charge is 0.323 e. The maximum Gasteiger partial charge on any atom is 0.323 e. The van der Waals surface area contributed by atoms with Crippen molar-refractivity contribution >= 4 is 5.97 Å². The number of nitrogens with one attached hydrogen (secondary N) is 2. The lowest BCUT2D eigenvalue weighted by Crippen LogP contribution is -2.39. The fraction of sp³-hybridized carbons (Fsp3) is 0.909. The Bertz CT molecular complexity index is 188. The predicted octanol–water partition coefficient (Wildman–Crippen LogP) is 0.916. The van der Waals surface area contributed by atoms with Crippen LogP contribution in [0, 0.1) is 0 Å². The van der Waals surface area contributed by atoms with Crippen LogP contribution in [0.15, 0.2) is 0 Å². The summed E-state index contributed by atoms with van der Waals surface area (Å²) in [6.07, 6.45) is 1.76. The van der Waals surface area contributed by atoms with E-state index in [2.05, 4.69) is 10.6 Å². The van der Waals surface area contributed by atoms with Gasteiger partial charge in [0.05, 0.1) is 0 Å². The Hall–Kier alpha value is -0.610. The van der Waals surface area contributed by atoms with Crippen molar-refractivity contribution in [3.63, 3.8) is 0 Å². The molecule has 0 saturated heterocycles. The Kier molecular flexibility index (Phi) is 6.52. The van der Waals surface area contributed by atoms with E-state index in [-0.39, 0.29) is 12.0 Å². The summed E-state index contributed by atoms with van der Waals surface area (Å²) in [6, 6.07) is -0.197. The minimum absolute atomic E-state index is 0.166. The molecule has 0 aromatic heterocycles. The van der Waals surface area contributed by atoms with Crippen LogP contribution >= 0.6 is 0 Å². The summed E-state index contributed by atoms with van der Waals surface area (Å²) in [5.41, 5.74) is -0.408. The molecule has 0 aliphatic carbocycles. The largest absolute Gasteiger partial charge is 0.459 e. The van der Waals surface area contributed by atoms with Crippen molar-refractivity contribution in [3.8, 4) is 0 Å². The number of hydrogen-bond donors (Lipinski definition) is 2. The van der Waals surface area contributed by atoms with Crippen LogP contribution in [-0.2, 0) is 9.53 Å². The van der Waals surface area contributed by atoms with Crippen molar-refractivity contribution in [2.24, 2.45) is 0 Å². The van der Waals surface area contributed by atoms with Crippen molar-refractivity contribution in [2.75, 3.05) is 20.6 Å². The average Bonchev–Trinajstić information content (AvgIpc) is 2.09. The van der Waals surface area contributed by atoms with Crippen LogP contribution in [0.3, 0.4) is 0 Å². The summed E-state index contributed by atoms with van der Waals surface area (Å²) in [4.78, 5) is 11.7. The highest BCUT2D eigenvalue weighted by molar-refractivity contribution is 5.76. The van der Waals surface area contributed by atoms with Crippen molar-refractivity contribution in [1.82, 2.24) is 10.6 Å². The molecular formula is C11H24N2O2. The standard InChI is InChI=1S/C11H24N2O2/c1-11(2,3)15-10(14)9(13-5)7-6-8-12-4/h9,12-13H,6-8H2,1-5H3. The van der Waals surface area contributed by atoms with E-state index in [1.165, 1.54) is 0 Å². The van der Waals surface area contributed by atoms with Crippen LogP contribution in [0.5, 0.6) is 0 Å². The first-order valence-corrected chi connectivity index (χ1v) is 5.45. The number of rotatable bonds is 6. The Morgan fingerprint density at radius 1 is 1.33 bits per heavy atom. The van der Waals surface area contributed by atoms with Crippen LogP contribution in [-0.4, -0.2) is 38.3 Å². The molecular weight excluding hydrogens is 192 g/mol. The van der Waals surface area contributed by atoms with Gasteiger partial charge in [-0.2, -0.15) is 0 Å². The van der Waals surface area contributed by atoms with Crippen LogP contribution in [0.2, 0.25) is 0 Å². The van der Waals surface area contributed by atoms with Gasteiger partial charge in [0.1, 0.15) is 11.6 Å². The average molecular weight is 216 g/mol. The molecule has 0 rings (SSSR count). The molecule has 1 atom stereocenters. The van der Waals surface area contributed by atoms with Gasteiger partial charge in [-0.3, -0.25) is 4.79 Å². The zero-order chi connectivity index (χ0) is 11.9. The Morgan fingerprint density at radius 3 is 2.33 bits per heavy atom. The Balaban J connectivity index is 3.99. The fourth-order valence-corrected chi connectivity index (χ4v) is 1.24. The molecule has 0 radical (unpaired) electrons. The molecule has 2 N–H and O–H groups in total. The van der Waals surface area contributed by atoms with Crippen LogP contribution < -0.4 is 10.6 Å². The third-order valence-electron chi connectivity index (χ3n) is 1.96. The minimum atomic E-state index is -0.408. The van der Waals surface area contributed by atoms with E-state index < -0.39 is 5.60 Å². The molecule has 1 unspecified atom stereocenters. The first-order chi connectivity index (χ1) is 6.90. The lowest BCUT2D eigenvalue weighted by Gasteiger charge is -2.23.